The van der Waals surface area contributed by atoms with Crippen molar-refractivity contribution in [1.29, 1.82) is 0 Å². The van der Waals surface area contributed by atoms with Gasteiger partial charge in [0.2, 0.25) is 0 Å². The van der Waals surface area contributed by atoms with Crippen molar-refractivity contribution in [3.05, 3.63) is 0 Å². The zero-order chi connectivity index (χ0) is 14.3. The van der Waals surface area contributed by atoms with Crippen molar-refractivity contribution >= 4 is 18.0 Å². The molecular weight excluding hydrogens is 250 g/mol. The van der Waals surface area contributed by atoms with Gasteiger partial charge in [0.05, 0.1) is 6.42 Å². The molecule has 0 aromatic rings. The lowest BCUT2D eigenvalue weighted by atomic mass is 9.89. The summed E-state index contributed by atoms with van der Waals surface area (Å²) in [5.74, 6) is -0.641. The summed E-state index contributed by atoms with van der Waals surface area (Å²) in [5, 5.41) is 11.2. The van der Waals surface area contributed by atoms with Crippen LogP contribution in [0.3, 0.4) is 0 Å². The molecular formula is C12H21N3O4. The van der Waals surface area contributed by atoms with Crippen LogP contribution >= 0.6 is 0 Å². The molecule has 1 aliphatic carbocycles. The zero-order valence-electron chi connectivity index (χ0n) is 10.9. The zero-order valence-corrected chi connectivity index (χ0v) is 10.9. The molecule has 108 valence electrons. The predicted octanol–water partition coefficient (Wildman–Crippen LogP) is 1.13. The third-order valence-corrected chi connectivity index (χ3v) is 3.33. The molecule has 19 heavy (non-hydrogen) atoms. The Morgan fingerprint density at radius 2 is 1.84 bits per heavy atom. The fourth-order valence-corrected chi connectivity index (χ4v) is 2.24. The van der Waals surface area contributed by atoms with E-state index in [2.05, 4.69) is 5.32 Å². The van der Waals surface area contributed by atoms with Gasteiger partial charge in [-0.2, -0.15) is 0 Å². The molecule has 0 atom stereocenters. The Kier molecular flexibility index (Phi) is 6.11. The topological polar surface area (TPSA) is 113 Å². The first kappa shape index (κ1) is 15.3. The molecule has 1 fully saturated rings. The van der Waals surface area contributed by atoms with Crippen LogP contribution < -0.4 is 11.1 Å². The van der Waals surface area contributed by atoms with Crippen LogP contribution in [0.4, 0.5) is 9.59 Å². The van der Waals surface area contributed by atoms with Gasteiger partial charge < -0.3 is 16.2 Å². The van der Waals surface area contributed by atoms with Crippen molar-refractivity contribution in [1.82, 2.24) is 10.2 Å². The van der Waals surface area contributed by atoms with Crippen LogP contribution in [-0.4, -0.2) is 41.1 Å². The molecule has 0 aromatic carbocycles. The molecule has 7 heteroatoms. The number of hydrogen-bond acceptors (Lipinski definition) is 3. The van der Waals surface area contributed by atoms with Crippen LogP contribution in [0.15, 0.2) is 0 Å². The highest BCUT2D eigenvalue weighted by Crippen LogP contribution is 2.22. The van der Waals surface area contributed by atoms with Crippen molar-refractivity contribution in [2.24, 2.45) is 11.7 Å². The Labute approximate surface area is 112 Å². The van der Waals surface area contributed by atoms with E-state index in [1.54, 1.807) is 0 Å². The van der Waals surface area contributed by atoms with Gasteiger partial charge in [0, 0.05) is 13.1 Å². The van der Waals surface area contributed by atoms with E-state index >= 15 is 0 Å². The minimum Gasteiger partial charge on any atom is -0.481 e. The van der Waals surface area contributed by atoms with Gasteiger partial charge in [0.1, 0.15) is 0 Å². The number of carbonyl (C=O) groups excluding carboxylic acids is 2. The summed E-state index contributed by atoms with van der Waals surface area (Å²) < 4.78 is 0. The van der Waals surface area contributed by atoms with Gasteiger partial charge in [-0.3, -0.25) is 4.79 Å². The molecule has 4 amide bonds. The number of rotatable bonds is 5. The van der Waals surface area contributed by atoms with Crippen LogP contribution in [0, 0.1) is 5.92 Å². The first-order valence-corrected chi connectivity index (χ1v) is 6.57. The fourth-order valence-electron chi connectivity index (χ4n) is 2.24. The number of aliphatic carboxylic acids is 1. The normalized spacial score (nSPS) is 15.8. The van der Waals surface area contributed by atoms with Crippen LogP contribution in [0.25, 0.3) is 0 Å². The van der Waals surface area contributed by atoms with Gasteiger partial charge in [-0.15, -0.1) is 0 Å². The molecule has 0 unspecified atom stereocenters. The maximum Gasteiger partial charge on any atom is 0.325 e. The summed E-state index contributed by atoms with van der Waals surface area (Å²) in [6.45, 7) is 0.302. The second kappa shape index (κ2) is 7.60. The van der Waals surface area contributed by atoms with E-state index < -0.39 is 18.0 Å². The summed E-state index contributed by atoms with van der Waals surface area (Å²) in [4.78, 5) is 34.0. The van der Waals surface area contributed by atoms with Crippen LogP contribution in [0.1, 0.15) is 38.5 Å². The number of imide groups is 1. The number of nitrogens with two attached hydrogens (primary N) is 1. The number of urea groups is 2. The monoisotopic (exact) mass is 271 g/mol. The number of hydrogen-bond donors (Lipinski definition) is 3. The summed E-state index contributed by atoms with van der Waals surface area (Å²) >= 11 is 0. The van der Waals surface area contributed by atoms with E-state index in [-0.39, 0.29) is 13.0 Å². The Hall–Kier alpha value is -1.79. The highest BCUT2D eigenvalue weighted by Gasteiger charge is 2.21. The fraction of sp³-hybridized carbons (Fsp3) is 0.750. The van der Waals surface area contributed by atoms with Gasteiger partial charge in [-0.05, 0) is 18.8 Å². The Balaban J connectivity index is 2.38. The molecule has 0 bridgehead atoms. The van der Waals surface area contributed by atoms with Gasteiger partial charge in [-0.25, -0.2) is 14.5 Å². The molecule has 0 aromatic heterocycles. The average molecular weight is 271 g/mol. The smallest absolute Gasteiger partial charge is 0.325 e. The van der Waals surface area contributed by atoms with Crippen molar-refractivity contribution < 1.29 is 19.5 Å². The second-order valence-electron chi connectivity index (χ2n) is 4.82. The lowest BCUT2D eigenvalue weighted by Gasteiger charge is -2.24. The summed E-state index contributed by atoms with van der Waals surface area (Å²) in [6, 6.07) is -1.54. The average Bonchev–Trinajstić information content (AvgIpc) is 2.37. The molecule has 1 saturated carbocycles. The van der Waals surface area contributed by atoms with Gasteiger partial charge in [0.15, 0.2) is 0 Å². The first-order valence-electron chi connectivity index (χ1n) is 6.57. The quantitative estimate of drug-likeness (QED) is 0.695. The molecule has 4 N–H and O–H groups in total. The number of amides is 4. The lowest BCUT2D eigenvalue weighted by Crippen LogP contribution is -2.48. The van der Waals surface area contributed by atoms with Crippen LogP contribution in [-0.2, 0) is 4.79 Å². The number of nitrogens with one attached hydrogen (secondary N) is 1. The Morgan fingerprint density at radius 3 is 2.37 bits per heavy atom. The molecule has 0 aliphatic heterocycles. The number of carbonyl (C=O) groups is 3. The largest absolute Gasteiger partial charge is 0.481 e. The minimum absolute atomic E-state index is 0.207. The maximum atomic E-state index is 11.8. The SMILES string of the molecule is NC(=O)N(CCC(=O)O)C(=O)NCC1CCCCC1. The van der Waals surface area contributed by atoms with Crippen LogP contribution in [0.5, 0.6) is 0 Å². The van der Waals surface area contributed by atoms with Crippen molar-refractivity contribution in [3.8, 4) is 0 Å². The number of carboxylic acid groups (broad SMARTS) is 1. The molecule has 0 heterocycles. The minimum atomic E-state index is -1.08. The van der Waals surface area contributed by atoms with Gasteiger partial charge >= 0.3 is 18.0 Å². The molecule has 7 nitrogen and oxygen atoms in total. The van der Waals surface area contributed by atoms with Crippen LogP contribution in [0.2, 0.25) is 0 Å². The third kappa shape index (κ3) is 5.58. The van der Waals surface area contributed by atoms with E-state index in [4.69, 9.17) is 10.8 Å². The van der Waals surface area contributed by atoms with Gasteiger partial charge in [0.25, 0.3) is 0 Å². The standard InChI is InChI=1S/C12H21N3O4/c13-11(18)15(7-6-10(16)17)12(19)14-8-9-4-2-1-3-5-9/h9H,1-8H2,(H2,13,18)(H,14,19)(H,16,17). The number of carboxylic acids is 1. The Morgan fingerprint density at radius 1 is 1.21 bits per heavy atom. The van der Waals surface area contributed by atoms with E-state index in [0.717, 1.165) is 17.7 Å². The maximum absolute atomic E-state index is 11.8. The molecule has 0 radical (unpaired) electrons. The van der Waals surface area contributed by atoms with Crippen molar-refractivity contribution in [3.63, 3.8) is 0 Å². The Bertz CT molecular complexity index is 340. The molecule has 0 spiro atoms. The highest BCUT2D eigenvalue weighted by molar-refractivity contribution is 5.93. The summed E-state index contributed by atoms with van der Waals surface area (Å²) in [6.07, 6.45) is 5.41. The third-order valence-electron chi connectivity index (χ3n) is 3.33. The van der Waals surface area contributed by atoms with Crippen molar-refractivity contribution in [2.75, 3.05) is 13.1 Å². The second-order valence-corrected chi connectivity index (χ2v) is 4.82. The van der Waals surface area contributed by atoms with E-state index in [1.807, 2.05) is 0 Å². The summed E-state index contributed by atoms with van der Waals surface area (Å²) in [5.41, 5.74) is 5.07. The van der Waals surface area contributed by atoms with Gasteiger partial charge in [-0.1, -0.05) is 19.3 Å². The molecule has 1 aliphatic rings. The highest BCUT2D eigenvalue weighted by atomic mass is 16.4. The van der Waals surface area contributed by atoms with E-state index in [0.29, 0.717) is 12.5 Å². The van der Waals surface area contributed by atoms with Crippen molar-refractivity contribution in [2.45, 2.75) is 38.5 Å². The number of primary amides is 1. The van der Waals surface area contributed by atoms with E-state index in [1.165, 1.54) is 19.3 Å². The van der Waals surface area contributed by atoms with E-state index in [9.17, 15) is 14.4 Å². The lowest BCUT2D eigenvalue weighted by molar-refractivity contribution is -0.137. The molecule has 0 saturated heterocycles. The summed E-state index contributed by atoms with van der Waals surface area (Å²) in [7, 11) is 0. The predicted molar refractivity (Wildman–Crippen MR) is 68.5 cm³/mol. The first-order chi connectivity index (χ1) is 9.00. The molecule has 1 rings (SSSR count). The number of nitrogens with zero attached hydrogens (tertiary/aromatic N) is 1.